The summed E-state index contributed by atoms with van der Waals surface area (Å²) in [5.41, 5.74) is 0.726. The van der Waals surface area contributed by atoms with Gasteiger partial charge in [0.25, 0.3) is 5.22 Å². The van der Waals surface area contributed by atoms with E-state index in [1.54, 1.807) is 6.07 Å². The van der Waals surface area contributed by atoms with Crippen molar-refractivity contribution in [2.45, 2.75) is 5.22 Å². The quantitative estimate of drug-likeness (QED) is 0.620. The molecule has 0 aliphatic heterocycles. The molecule has 0 unspecified atom stereocenters. The van der Waals surface area contributed by atoms with Gasteiger partial charge in [-0.1, -0.05) is 41.4 Å². The molecule has 2 aromatic rings. The van der Waals surface area contributed by atoms with Gasteiger partial charge >= 0.3 is 0 Å². The Kier molecular flexibility index (Phi) is 3.50. The number of aromatic nitrogens is 2. The first-order valence-electron chi connectivity index (χ1n) is 4.46. The van der Waals surface area contributed by atoms with Gasteiger partial charge < -0.3 is 4.42 Å². The third kappa shape index (κ3) is 2.38. The van der Waals surface area contributed by atoms with E-state index in [-0.39, 0.29) is 0 Å². The average Bonchev–Trinajstić information content (AvgIpc) is 2.75. The Balaban J connectivity index is 2.26. The van der Waals surface area contributed by atoms with Gasteiger partial charge in [-0.3, -0.25) is 0 Å². The molecule has 16 heavy (non-hydrogen) atoms. The lowest BCUT2D eigenvalue weighted by Crippen LogP contribution is -1.78. The topological polar surface area (TPSA) is 38.9 Å². The monoisotopic (exact) mass is 250 g/mol. The molecule has 0 atom stereocenters. The second-order valence-corrected chi connectivity index (χ2v) is 4.18. The van der Waals surface area contributed by atoms with Crippen LogP contribution in [0.5, 0.6) is 0 Å². The predicted molar refractivity (Wildman–Crippen MR) is 64.3 cm³/mol. The SMILES string of the molecule is C#CCSc1nnc(-c2ccccc2Cl)o1. The van der Waals surface area contributed by atoms with E-state index >= 15 is 0 Å². The van der Waals surface area contributed by atoms with E-state index < -0.39 is 0 Å². The summed E-state index contributed by atoms with van der Waals surface area (Å²) in [5, 5.41) is 8.81. The third-order valence-corrected chi connectivity index (χ3v) is 2.84. The molecule has 0 aliphatic rings. The Hall–Kier alpha value is -1.44. The average molecular weight is 251 g/mol. The van der Waals surface area contributed by atoms with Crippen molar-refractivity contribution >= 4 is 23.4 Å². The van der Waals surface area contributed by atoms with Crippen molar-refractivity contribution < 1.29 is 4.42 Å². The van der Waals surface area contributed by atoms with E-state index in [0.29, 0.717) is 21.9 Å². The van der Waals surface area contributed by atoms with Gasteiger partial charge in [0, 0.05) is 0 Å². The van der Waals surface area contributed by atoms with Crippen LogP contribution in [-0.4, -0.2) is 16.0 Å². The number of hydrogen-bond acceptors (Lipinski definition) is 4. The lowest BCUT2D eigenvalue weighted by atomic mass is 10.2. The van der Waals surface area contributed by atoms with Crippen molar-refractivity contribution in [3.8, 4) is 23.8 Å². The molecular weight excluding hydrogens is 244 g/mol. The number of rotatable bonds is 3. The number of benzene rings is 1. The fraction of sp³-hybridized carbons (Fsp3) is 0.0909. The molecule has 0 radical (unpaired) electrons. The molecule has 1 heterocycles. The van der Waals surface area contributed by atoms with Crippen LogP contribution in [0.25, 0.3) is 11.5 Å². The molecular formula is C11H7ClN2OS. The largest absolute Gasteiger partial charge is 0.411 e. The van der Waals surface area contributed by atoms with Crippen molar-refractivity contribution in [1.82, 2.24) is 10.2 Å². The van der Waals surface area contributed by atoms with Crippen LogP contribution in [0.2, 0.25) is 5.02 Å². The maximum Gasteiger partial charge on any atom is 0.277 e. The third-order valence-electron chi connectivity index (χ3n) is 1.79. The van der Waals surface area contributed by atoms with Crippen molar-refractivity contribution in [2.24, 2.45) is 0 Å². The van der Waals surface area contributed by atoms with E-state index in [9.17, 15) is 0 Å². The molecule has 1 aromatic heterocycles. The number of thioether (sulfide) groups is 1. The first kappa shape index (κ1) is 11.1. The minimum absolute atomic E-state index is 0.408. The second-order valence-electron chi connectivity index (χ2n) is 2.85. The Morgan fingerprint density at radius 2 is 2.19 bits per heavy atom. The van der Waals surface area contributed by atoms with Gasteiger partial charge in [0.05, 0.1) is 16.3 Å². The summed E-state index contributed by atoms with van der Waals surface area (Å²) >= 11 is 7.33. The fourth-order valence-corrected chi connectivity index (χ4v) is 1.77. The van der Waals surface area contributed by atoms with Gasteiger partial charge in [0.1, 0.15) is 0 Å². The number of hydrogen-bond donors (Lipinski definition) is 0. The maximum absolute atomic E-state index is 6.01. The summed E-state index contributed by atoms with van der Waals surface area (Å²) in [4.78, 5) is 0. The highest BCUT2D eigenvalue weighted by molar-refractivity contribution is 7.99. The van der Waals surface area contributed by atoms with Gasteiger partial charge in [0.2, 0.25) is 5.89 Å². The summed E-state index contributed by atoms with van der Waals surface area (Å²) in [6, 6.07) is 7.30. The van der Waals surface area contributed by atoms with Gasteiger partial charge in [-0.05, 0) is 12.1 Å². The van der Waals surface area contributed by atoms with Crippen LogP contribution in [0.15, 0.2) is 33.9 Å². The minimum atomic E-state index is 0.408. The Bertz CT molecular complexity index is 533. The van der Waals surface area contributed by atoms with Crippen molar-refractivity contribution in [3.05, 3.63) is 29.3 Å². The zero-order valence-corrected chi connectivity index (χ0v) is 9.76. The van der Waals surface area contributed by atoms with Gasteiger partial charge in [-0.15, -0.1) is 16.6 Å². The van der Waals surface area contributed by atoms with Crippen LogP contribution in [0.3, 0.4) is 0 Å². The standard InChI is InChI=1S/C11H7ClN2OS/c1-2-7-16-11-14-13-10(15-11)8-5-3-4-6-9(8)12/h1,3-6H,7H2. The molecule has 0 amide bonds. The first-order valence-corrected chi connectivity index (χ1v) is 5.82. The zero-order chi connectivity index (χ0) is 11.4. The summed E-state index contributed by atoms with van der Waals surface area (Å²) in [6.07, 6.45) is 5.14. The molecule has 0 aliphatic carbocycles. The zero-order valence-electron chi connectivity index (χ0n) is 8.18. The molecule has 0 saturated carbocycles. The summed E-state index contributed by atoms with van der Waals surface area (Å²) in [5.74, 6) is 3.40. The molecule has 0 spiro atoms. The molecule has 3 nitrogen and oxygen atoms in total. The fourth-order valence-electron chi connectivity index (χ4n) is 1.11. The molecule has 0 saturated heterocycles. The summed E-state index contributed by atoms with van der Waals surface area (Å²) < 4.78 is 5.41. The first-order chi connectivity index (χ1) is 7.81. The van der Waals surface area contributed by atoms with Gasteiger partial charge in [-0.2, -0.15) is 0 Å². The highest BCUT2D eigenvalue weighted by atomic mass is 35.5. The van der Waals surface area contributed by atoms with E-state index in [1.807, 2.05) is 18.2 Å². The van der Waals surface area contributed by atoms with Crippen molar-refractivity contribution in [3.63, 3.8) is 0 Å². The summed E-state index contributed by atoms with van der Waals surface area (Å²) in [7, 11) is 0. The smallest absolute Gasteiger partial charge is 0.277 e. The van der Waals surface area contributed by atoms with Crippen molar-refractivity contribution in [2.75, 3.05) is 5.75 Å². The lowest BCUT2D eigenvalue weighted by Gasteiger charge is -1.96. The molecule has 2 rings (SSSR count). The van der Waals surface area contributed by atoms with Crippen LogP contribution in [0.1, 0.15) is 0 Å². The summed E-state index contributed by atoms with van der Waals surface area (Å²) in [6.45, 7) is 0. The normalized spacial score (nSPS) is 10.0. The van der Waals surface area contributed by atoms with Gasteiger partial charge in [0.15, 0.2) is 0 Å². The highest BCUT2D eigenvalue weighted by Crippen LogP contribution is 2.28. The number of nitrogens with zero attached hydrogens (tertiary/aromatic N) is 2. The lowest BCUT2D eigenvalue weighted by molar-refractivity contribution is 0.466. The molecule has 0 fully saturated rings. The molecule has 80 valence electrons. The van der Waals surface area contributed by atoms with E-state index in [4.69, 9.17) is 22.4 Å². The Labute approximate surface area is 102 Å². The Morgan fingerprint density at radius 1 is 1.38 bits per heavy atom. The number of halogens is 1. The van der Waals surface area contributed by atoms with Gasteiger partial charge in [-0.25, -0.2) is 0 Å². The molecule has 0 N–H and O–H groups in total. The van der Waals surface area contributed by atoms with Crippen LogP contribution in [-0.2, 0) is 0 Å². The second kappa shape index (κ2) is 5.06. The Morgan fingerprint density at radius 3 is 2.94 bits per heavy atom. The minimum Gasteiger partial charge on any atom is -0.411 e. The van der Waals surface area contributed by atoms with E-state index in [0.717, 1.165) is 5.56 Å². The molecule has 1 aromatic carbocycles. The number of terminal acetylenes is 1. The van der Waals surface area contributed by atoms with Crippen LogP contribution in [0.4, 0.5) is 0 Å². The van der Waals surface area contributed by atoms with Crippen LogP contribution in [0, 0.1) is 12.3 Å². The highest BCUT2D eigenvalue weighted by Gasteiger charge is 2.10. The van der Waals surface area contributed by atoms with Crippen LogP contribution >= 0.6 is 23.4 Å². The maximum atomic E-state index is 6.01. The predicted octanol–water partition coefficient (Wildman–Crippen LogP) is 3.12. The van der Waals surface area contributed by atoms with Crippen molar-refractivity contribution in [1.29, 1.82) is 0 Å². The van der Waals surface area contributed by atoms with Crippen LogP contribution < -0.4 is 0 Å². The van der Waals surface area contributed by atoms with E-state index in [2.05, 4.69) is 16.1 Å². The molecule has 0 bridgehead atoms. The van der Waals surface area contributed by atoms with E-state index in [1.165, 1.54) is 11.8 Å². The molecule has 5 heteroatoms.